The number of carbonyl (C=O) groups excluding carboxylic acids is 2. The summed E-state index contributed by atoms with van der Waals surface area (Å²) in [4.78, 5) is 32.5. The number of aliphatic hydroxyl groups excluding tert-OH is 1. The van der Waals surface area contributed by atoms with E-state index in [0.717, 1.165) is 51.1 Å². The van der Waals surface area contributed by atoms with Crippen LogP contribution in [0.15, 0.2) is 24.5 Å². The molecule has 0 bridgehead atoms. The Kier molecular flexibility index (Phi) is 7.24. The van der Waals surface area contributed by atoms with E-state index in [2.05, 4.69) is 25.6 Å². The number of nitrogens with zero attached hydrogens (tertiary/aromatic N) is 5. The van der Waals surface area contributed by atoms with E-state index in [0.29, 0.717) is 17.9 Å². The van der Waals surface area contributed by atoms with E-state index >= 15 is 0 Å². The molecule has 4 heterocycles. The Morgan fingerprint density at radius 3 is 2.82 bits per heavy atom. The Morgan fingerprint density at radius 1 is 1.27 bits per heavy atom. The lowest BCUT2D eigenvalue weighted by Crippen LogP contribution is -2.42. The zero-order chi connectivity index (χ0) is 23.4. The molecule has 10 nitrogen and oxygen atoms in total. The van der Waals surface area contributed by atoms with Gasteiger partial charge in [-0.1, -0.05) is 0 Å². The highest BCUT2D eigenvalue weighted by Crippen LogP contribution is 2.18. The lowest BCUT2D eigenvalue weighted by Gasteiger charge is -2.32. The van der Waals surface area contributed by atoms with Crippen molar-refractivity contribution in [2.75, 3.05) is 38.0 Å². The summed E-state index contributed by atoms with van der Waals surface area (Å²) in [6, 6.07) is 3.62. The zero-order valence-electron chi connectivity index (χ0n) is 19.3. The maximum Gasteiger partial charge on any atom is 0.251 e. The highest BCUT2D eigenvalue weighted by Gasteiger charge is 2.22. The number of carbonyl (C=O) groups is 2. The zero-order valence-corrected chi connectivity index (χ0v) is 19.3. The van der Waals surface area contributed by atoms with E-state index in [1.165, 1.54) is 5.56 Å². The van der Waals surface area contributed by atoms with Crippen LogP contribution in [0.3, 0.4) is 0 Å². The quantitative estimate of drug-likeness (QED) is 0.553. The van der Waals surface area contributed by atoms with Crippen molar-refractivity contribution in [1.29, 1.82) is 0 Å². The van der Waals surface area contributed by atoms with Crippen molar-refractivity contribution >= 4 is 17.6 Å². The third kappa shape index (κ3) is 6.08. The molecule has 0 spiro atoms. The molecule has 1 saturated heterocycles. The third-order valence-electron chi connectivity index (χ3n) is 6.33. The smallest absolute Gasteiger partial charge is 0.251 e. The van der Waals surface area contributed by atoms with Crippen LogP contribution in [0.5, 0.6) is 0 Å². The third-order valence-corrected chi connectivity index (χ3v) is 6.33. The van der Waals surface area contributed by atoms with Crippen molar-refractivity contribution in [3.05, 3.63) is 41.3 Å². The number of aliphatic hydroxyl groups is 1. The molecular weight excluding hydrogens is 422 g/mol. The lowest BCUT2D eigenvalue weighted by atomic mass is 10.0. The molecule has 0 aliphatic carbocycles. The SMILES string of the molecule is CC(=O)N1CCC(Nc2cc(C(=O)NC[C@H](O)CN3CCc4nn(C)cc4C3)ccn2)CC1. The molecule has 0 radical (unpaired) electrons. The van der Waals surface area contributed by atoms with Crippen LogP contribution in [-0.4, -0.2) is 86.4 Å². The van der Waals surface area contributed by atoms with Crippen LogP contribution in [0, 0.1) is 0 Å². The number of pyridine rings is 1. The minimum Gasteiger partial charge on any atom is -0.390 e. The van der Waals surface area contributed by atoms with Crippen molar-refractivity contribution in [2.24, 2.45) is 7.05 Å². The average Bonchev–Trinajstić information content (AvgIpc) is 3.17. The molecule has 0 saturated carbocycles. The number of anilines is 1. The molecular formula is C23H33N7O3. The minimum atomic E-state index is -0.655. The Labute approximate surface area is 194 Å². The average molecular weight is 456 g/mol. The largest absolute Gasteiger partial charge is 0.390 e. The van der Waals surface area contributed by atoms with Gasteiger partial charge in [-0.25, -0.2) is 4.98 Å². The van der Waals surface area contributed by atoms with Gasteiger partial charge in [0.05, 0.1) is 11.8 Å². The number of aryl methyl sites for hydroxylation is 1. The molecule has 2 aromatic rings. The van der Waals surface area contributed by atoms with Crippen LogP contribution < -0.4 is 10.6 Å². The molecule has 1 atom stereocenters. The van der Waals surface area contributed by atoms with Crippen LogP contribution >= 0.6 is 0 Å². The molecule has 2 aliphatic heterocycles. The number of aromatic nitrogens is 3. The van der Waals surface area contributed by atoms with Crippen LogP contribution in [0.2, 0.25) is 0 Å². The second-order valence-electron chi connectivity index (χ2n) is 8.98. The van der Waals surface area contributed by atoms with E-state index in [9.17, 15) is 14.7 Å². The van der Waals surface area contributed by atoms with E-state index in [-0.39, 0.29) is 24.4 Å². The van der Waals surface area contributed by atoms with Crippen molar-refractivity contribution in [3.8, 4) is 0 Å². The summed E-state index contributed by atoms with van der Waals surface area (Å²) in [5, 5.41) is 21.1. The Hall–Kier alpha value is -2.98. The van der Waals surface area contributed by atoms with Gasteiger partial charge >= 0.3 is 0 Å². The molecule has 1 fully saturated rings. The van der Waals surface area contributed by atoms with Crippen molar-refractivity contribution in [3.63, 3.8) is 0 Å². The maximum absolute atomic E-state index is 12.6. The molecule has 4 rings (SSSR count). The normalized spacial score (nSPS) is 18.0. The summed E-state index contributed by atoms with van der Waals surface area (Å²) >= 11 is 0. The van der Waals surface area contributed by atoms with Gasteiger partial charge in [0.25, 0.3) is 5.91 Å². The first kappa shape index (κ1) is 23.2. The first-order valence-electron chi connectivity index (χ1n) is 11.6. The highest BCUT2D eigenvalue weighted by molar-refractivity contribution is 5.94. The topological polar surface area (TPSA) is 116 Å². The van der Waals surface area contributed by atoms with Crippen LogP contribution in [0.25, 0.3) is 0 Å². The van der Waals surface area contributed by atoms with Gasteiger partial charge in [-0.3, -0.25) is 19.2 Å². The van der Waals surface area contributed by atoms with Crippen LogP contribution in [0.4, 0.5) is 5.82 Å². The molecule has 2 aliphatic rings. The standard InChI is InChI=1S/C23H33N7O3/c1-16(31)30-9-4-19(5-10-30)26-22-11-17(3-7-24-22)23(33)25-12-20(32)15-29-8-6-21-18(14-29)13-28(2)27-21/h3,7,11,13,19-20,32H,4-6,8-10,12,14-15H2,1-2H3,(H,24,26)(H,25,33)/t20-/m0/s1. The number of piperidine rings is 1. The summed E-state index contributed by atoms with van der Waals surface area (Å²) in [5.74, 6) is 0.513. The van der Waals surface area contributed by atoms with Crippen molar-refractivity contribution in [2.45, 2.75) is 44.9 Å². The van der Waals surface area contributed by atoms with Crippen molar-refractivity contribution in [1.82, 2.24) is 29.9 Å². The van der Waals surface area contributed by atoms with Gasteiger partial charge < -0.3 is 20.6 Å². The summed E-state index contributed by atoms with van der Waals surface area (Å²) in [5.41, 5.74) is 2.82. The monoisotopic (exact) mass is 455 g/mol. The second kappa shape index (κ2) is 10.3. The number of hydrogen-bond acceptors (Lipinski definition) is 7. The number of hydrogen-bond donors (Lipinski definition) is 3. The number of likely N-dealkylation sites (tertiary alicyclic amines) is 1. The molecule has 2 amide bonds. The number of rotatable bonds is 7. The van der Waals surface area contributed by atoms with Crippen LogP contribution in [0.1, 0.15) is 41.4 Å². The van der Waals surface area contributed by atoms with E-state index in [1.54, 1.807) is 25.3 Å². The minimum absolute atomic E-state index is 0.106. The van der Waals surface area contributed by atoms with Crippen LogP contribution in [-0.2, 0) is 24.8 Å². The number of amides is 2. The van der Waals surface area contributed by atoms with Gasteiger partial charge in [0, 0.05) is 89.2 Å². The lowest BCUT2D eigenvalue weighted by molar-refractivity contribution is -0.129. The van der Waals surface area contributed by atoms with E-state index in [1.807, 2.05) is 22.8 Å². The molecule has 10 heteroatoms. The van der Waals surface area contributed by atoms with Gasteiger partial charge in [-0.05, 0) is 25.0 Å². The van der Waals surface area contributed by atoms with E-state index in [4.69, 9.17) is 0 Å². The molecule has 0 unspecified atom stereocenters. The first-order valence-corrected chi connectivity index (χ1v) is 11.6. The van der Waals surface area contributed by atoms with Gasteiger partial charge in [0.15, 0.2) is 0 Å². The van der Waals surface area contributed by atoms with Gasteiger partial charge in [0.1, 0.15) is 5.82 Å². The fourth-order valence-electron chi connectivity index (χ4n) is 4.54. The Bertz CT molecular complexity index is 984. The Balaban J connectivity index is 1.23. The van der Waals surface area contributed by atoms with E-state index < -0.39 is 6.10 Å². The van der Waals surface area contributed by atoms with Gasteiger partial charge in [0.2, 0.25) is 5.91 Å². The van der Waals surface area contributed by atoms with Gasteiger partial charge in [-0.15, -0.1) is 0 Å². The predicted octanol–water partition coefficient (Wildman–Crippen LogP) is 0.387. The van der Waals surface area contributed by atoms with Crippen molar-refractivity contribution < 1.29 is 14.7 Å². The summed E-state index contributed by atoms with van der Waals surface area (Å²) in [6.45, 7) is 5.34. The number of β-amino-alcohol motifs (C(OH)–C–C–N with tert-alkyl or cyclic N) is 1. The summed E-state index contributed by atoms with van der Waals surface area (Å²) in [6.07, 6.45) is 5.55. The fourth-order valence-corrected chi connectivity index (χ4v) is 4.54. The van der Waals surface area contributed by atoms with Gasteiger partial charge in [-0.2, -0.15) is 5.10 Å². The Morgan fingerprint density at radius 2 is 2.06 bits per heavy atom. The number of fused-ring (bicyclic) bond motifs is 1. The highest BCUT2D eigenvalue weighted by atomic mass is 16.3. The predicted molar refractivity (Wildman–Crippen MR) is 124 cm³/mol. The first-order chi connectivity index (χ1) is 15.9. The number of nitrogens with one attached hydrogen (secondary N) is 2. The second-order valence-corrected chi connectivity index (χ2v) is 8.98. The maximum atomic E-state index is 12.6. The molecule has 2 aromatic heterocycles. The summed E-state index contributed by atoms with van der Waals surface area (Å²) in [7, 11) is 1.92. The fraction of sp³-hybridized carbons (Fsp3) is 0.565. The molecule has 0 aromatic carbocycles. The molecule has 3 N–H and O–H groups in total. The summed E-state index contributed by atoms with van der Waals surface area (Å²) < 4.78 is 1.83. The molecule has 33 heavy (non-hydrogen) atoms. The molecule has 178 valence electrons.